The van der Waals surface area contributed by atoms with Gasteiger partial charge in [-0.25, -0.2) is 23.7 Å². The molecule has 1 aliphatic rings. The predicted octanol–water partition coefficient (Wildman–Crippen LogP) is 3.22. The molecular formula is C23H23F2N9. The Kier molecular flexibility index (Phi) is 6.34. The number of hydrogen-bond donors (Lipinski definition) is 2. The lowest BCUT2D eigenvalue weighted by Crippen LogP contribution is -2.43. The Balaban J connectivity index is 1.40. The summed E-state index contributed by atoms with van der Waals surface area (Å²) in [5, 5.41) is 10.9. The zero-order chi connectivity index (χ0) is 23.3. The number of rotatable bonds is 7. The van der Waals surface area contributed by atoms with E-state index in [4.69, 9.17) is 0 Å². The number of anilines is 3. The van der Waals surface area contributed by atoms with Crippen LogP contribution in [0, 0.1) is 0 Å². The molecule has 0 aromatic carbocycles. The Bertz CT molecular complexity index is 1220. The van der Waals surface area contributed by atoms with Gasteiger partial charge in [-0.2, -0.15) is 5.10 Å². The fourth-order valence-electron chi connectivity index (χ4n) is 3.80. The van der Waals surface area contributed by atoms with E-state index in [0.717, 1.165) is 37.7 Å². The van der Waals surface area contributed by atoms with Crippen LogP contribution < -0.4 is 15.5 Å². The molecule has 4 aromatic heterocycles. The van der Waals surface area contributed by atoms with Gasteiger partial charge in [-0.05, 0) is 30.3 Å². The Labute approximate surface area is 194 Å². The van der Waals surface area contributed by atoms with Gasteiger partial charge in [0, 0.05) is 62.1 Å². The zero-order valence-electron chi connectivity index (χ0n) is 18.3. The van der Waals surface area contributed by atoms with Gasteiger partial charge in [0.1, 0.15) is 18.1 Å². The SMILES string of the molecule is FC(F)Cn1cc(-c2ccnc(Nc3ccc(N4CCNCC4)nc3)n2)c(-c2cccnc2)n1. The average molecular weight is 463 g/mol. The molecule has 9 nitrogen and oxygen atoms in total. The molecule has 5 heterocycles. The second-order valence-corrected chi connectivity index (χ2v) is 7.78. The normalized spacial score (nSPS) is 13.9. The number of nitrogens with zero attached hydrogens (tertiary/aromatic N) is 7. The Morgan fingerprint density at radius 2 is 1.91 bits per heavy atom. The van der Waals surface area contributed by atoms with E-state index in [2.05, 4.69) is 40.6 Å². The lowest BCUT2D eigenvalue weighted by Gasteiger charge is -2.28. The van der Waals surface area contributed by atoms with E-state index >= 15 is 0 Å². The highest BCUT2D eigenvalue weighted by Crippen LogP contribution is 2.30. The predicted molar refractivity (Wildman–Crippen MR) is 125 cm³/mol. The molecule has 0 bridgehead atoms. The highest BCUT2D eigenvalue weighted by molar-refractivity contribution is 5.78. The van der Waals surface area contributed by atoms with Crippen LogP contribution in [0.5, 0.6) is 0 Å². The third-order valence-electron chi connectivity index (χ3n) is 5.40. The first kappa shape index (κ1) is 21.8. The molecule has 0 radical (unpaired) electrons. The van der Waals surface area contributed by atoms with Crippen molar-refractivity contribution in [2.24, 2.45) is 0 Å². The fraction of sp³-hybridized carbons (Fsp3) is 0.261. The van der Waals surface area contributed by atoms with Crippen LogP contribution in [-0.2, 0) is 6.54 Å². The molecular weight excluding hydrogens is 440 g/mol. The minimum Gasteiger partial charge on any atom is -0.354 e. The number of piperazine rings is 1. The number of hydrogen-bond acceptors (Lipinski definition) is 8. The largest absolute Gasteiger partial charge is 0.354 e. The van der Waals surface area contributed by atoms with E-state index < -0.39 is 13.0 Å². The molecule has 34 heavy (non-hydrogen) atoms. The van der Waals surface area contributed by atoms with Crippen molar-refractivity contribution in [2.75, 3.05) is 36.4 Å². The van der Waals surface area contributed by atoms with Gasteiger partial charge in [0.15, 0.2) is 0 Å². The van der Waals surface area contributed by atoms with Crippen molar-refractivity contribution in [1.82, 2.24) is 35.0 Å². The van der Waals surface area contributed by atoms with Crippen LogP contribution >= 0.6 is 0 Å². The first-order valence-electron chi connectivity index (χ1n) is 10.9. The summed E-state index contributed by atoms with van der Waals surface area (Å²) in [5.74, 6) is 1.29. The van der Waals surface area contributed by atoms with Crippen molar-refractivity contribution in [3.05, 3.63) is 61.3 Å². The van der Waals surface area contributed by atoms with Gasteiger partial charge in [-0.1, -0.05) is 0 Å². The first-order valence-corrected chi connectivity index (χ1v) is 10.9. The fourth-order valence-corrected chi connectivity index (χ4v) is 3.80. The average Bonchev–Trinajstić information content (AvgIpc) is 3.29. The molecule has 0 amide bonds. The van der Waals surface area contributed by atoms with E-state index in [1.54, 1.807) is 43.1 Å². The van der Waals surface area contributed by atoms with E-state index in [1.807, 2.05) is 18.2 Å². The third-order valence-corrected chi connectivity index (χ3v) is 5.40. The number of alkyl halides is 2. The smallest absolute Gasteiger partial charge is 0.257 e. The number of aromatic nitrogens is 6. The molecule has 2 N–H and O–H groups in total. The van der Waals surface area contributed by atoms with Gasteiger partial charge >= 0.3 is 0 Å². The van der Waals surface area contributed by atoms with Crippen LogP contribution in [0.25, 0.3) is 22.5 Å². The Hall–Kier alpha value is -3.99. The van der Waals surface area contributed by atoms with Crippen molar-refractivity contribution < 1.29 is 8.78 Å². The summed E-state index contributed by atoms with van der Waals surface area (Å²) in [4.78, 5) is 19.8. The summed E-state index contributed by atoms with van der Waals surface area (Å²) in [6.07, 6.45) is 5.70. The number of halogens is 2. The lowest BCUT2D eigenvalue weighted by atomic mass is 10.1. The second kappa shape index (κ2) is 9.87. The summed E-state index contributed by atoms with van der Waals surface area (Å²) in [6, 6.07) is 9.22. The van der Waals surface area contributed by atoms with Gasteiger partial charge in [-0.15, -0.1) is 0 Å². The van der Waals surface area contributed by atoms with E-state index in [9.17, 15) is 8.78 Å². The number of pyridine rings is 2. The van der Waals surface area contributed by atoms with Crippen molar-refractivity contribution >= 4 is 17.5 Å². The summed E-state index contributed by atoms with van der Waals surface area (Å²) >= 11 is 0. The Morgan fingerprint density at radius 3 is 2.65 bits per heavy atom. The third kappa shape index (κ3) is 4.99. The zero-order valence-corrected chi connectivity index (χ0v) is 18.3. The van der Waals surface area contributed by atoms with Crippen LogP contribution in [0.15, 0.2) is 61.3 Å². The van der Waals surface area contributed by atoms with Crippen LogP contribution in [0.1, 0.15) is 0 Å². The number of nitrogens with one attached hydrogen (secondary N) is 2. The van der Waals surface area contributed by atoms with Crippen molar-refractivity contribution in [3.8, 4) is 22.5 Å². The summed E-state index contributed by atoms with van der Waals surface area (Å²) in [6.45, 7) is 3.22. The molecule has 1 saturated heterocycles. The maximum atomic E-state index is 13.0. The van der Waals surface area contributed by atoms with Crippen molar-refractivity contribution in [3.63, 3.8) is 0 Å². The minimum absolute atomic E-state index is 0.368. The van der Waals surface area contributed by atoms with E-state index in [0.29, 0.717) is 28.5 Å². The Morgan fingerprint density at radius 1 is 1.03 bits per heavy atom. The quantitative estimate of drug-likeness (QED) is 0.431. The molecule has 0 saturated carbocycles. The van der Waals surface area contributed by atoms with E-state index in [1.165, 1.54) is 4.68 Å². The van der Waals surface area contributed by atoms with Crippen LogP contribution in [0.4, 0.5) is 26.2 Å². The second-order valence-electron chi connectivity index (χ2n) is 7.78. The van der Waals surface area contributed by atoms with Crippen LogP contribution in [-0.4, -0.2) is 62.3 Å². The van der Waals surface area contributed by atoms with Crippen LogP contribution in [0.3, 0.4) is 0 Å². The van der Waals surface area contributed by atoms with Gasteiger partial charge in [0.05, 0.1) is 17.6 Å². The highest BCUT2D eigenvalue weighted by atomic mass is 19.3. The first-order chi connectivity index (χ1) is 16.7. The molecule has 5 rings (SSSR count). The molecule has 0 aliphatic carbocycles. The molecule has 0 unspecified atom stereocenters. The van der Waals surface area contributed by atoms with Gasteiger partial charge in [0.25, 0.3) is 6.43 Å². The summed E-state index contributed by atoms with van der Waals surface area (Å²) < 4.78 is 27.2. The van der Waals surface area contributed by atoms with Crippen molar-refractivity contribution in [1.29, 1.82) is 0 Å². The van der Waals surface area contributed by atoms with Gasteiger partial charge in [0.2, 0.25) is 5.95 Å². The molecule has 0 spiro atoms. The van der Waals surface area contributed by atoms with Crippen LogP contribution in [0.2, 0.25) is 0 Å². The monoisotopic (exact) mass is 463 g/mol. The molecule has 174 valence electrons. The standard InChI is InChI=1S/C23H23F2N9/c24-20(25)15-34-14-18(22(32-34)16-2-1-6-27-12-16)19-5-7-28-23(31-19)30-17-3-4-21(29-13-17)33-10-8-26-9-11-33/h1-7,12-14,20,26H,8-11,15H2,(H,28,30,31). The van der Waals surface area contributed by atoms with Gasteiger partial charge in [-0.3, -0.25) is 9.67 Å². The molecule has 1 aliphatic heterocycles. The molecule has 11 heteroatoms. The lowest BCUT2D eigenvalue weighted by molar-refractivity contribution is 0.122. The van der Waals surface area contributed by atoms with Crippen molar-refractivity contribution in [2.45, 2.75) is 13.0 Å². The molecule has 1 fully saturated rings. The maximum absolute atomic E-state index is 13.0. The topological polar surface area (TPSA) is 96.7 Å². The molecule has 0 atom stereocenters. The minimum atomic E-state index is -2.52. The van der Waals surface area contributed by atoms with Gasteiger partial charge < -0.3 is 15.5 Å². The highest BCUT2D eigenvalue weighted by Gasteiger charge is 2.17. The summed E-state index contributed by atoms with van der Waals surface area (Å²) in [5.41, 5.74) is 3.16. The summed E-state index contributed by atoms with van der Waals surface area (Å²) in [7, 11) is 0. The van der Waals surface area contributed by atoms with E-state index in [-0.39, 0.29) is 0 Å². The molecule has 4 aromatic rings. The maximum Gasteiger partial charge on any atom is 0.257 e.